The molecule has 0 amide bonds. The van der Waals surface area contributed by atoms with Crippen molar-refractivity contribution in [1.82, 2.24) is 5.43 Å². The minimum Gasteiger partial charge on any atom is -0.312 e. The van der Waals surface area contributed by atoms with Gasteiger partial charge in [-0.15, -0.1) is 0 Å². The third-order valence-corrected chi connectivity index (χ3v) is 2.97. The smallest absolute Gasteiger partial charge is 0.110 e. The predicted molar refractivity (Wildman–Crippen MR) is 61.1 cm³/mol. The molecular formula is C11H23N3. The second-order valence-electron chi connectivity index (χ2n) is 4.13. The van der Waals surface area contributed by atoms with Crippen molar-refractivity contribution in [1.29, 1.82) is 0 Å². The van der Waals surface area contributed by atoms with Gasteiger partial charge in [0, 0.05) is 13.0 Å². The van der Waals surface area contributed by atoms with E-state index in [1.54, 1.807) is 0 Å². The summed E-state index contributed by atoms with van der Waals surface area (Å²) in [7, 11) is 0. The molecule has 0 aromatic heterocycles. The average Bonchev–Trinajstić information content (AvgIpc) is 2.45. The van der Waals surface area contributed by atoms with E-state index in [1.807, 2.05) is 6.92 Å². The summed E-state index contributed by atoms with van der Waals surface area (Å²) >= 11 is 0. The lowest BCUT2D eigenvalue weighted by Gasteiger charge is -2.14. The quantitative estimate of drug-likeness (QED) is 0.240. The highest BCUT2D eigenvalue weighted by Gasteiger charge is 2.14. The Bertz CT molecular complexity index is 169. The van der Waals surface area contributed by atoms with Crippen LogP contribution in [-0.2, 0) is 0 Å². The highest BCUT2D eigenvalue weighted by atomic mass is 15.2. The summed E-state index contributed by atoms with van der Waals surface area (Å²) in [6.07, 6.45) is 9.34. The highest BCUT2D eigenvalue weighted by Crippen LogP contribution is 2.25. The summed E-state index contributed by atoms with van der Waals surface area (Å²) in [6.45, 7) is 2.87. The topological polar surface area (TPSA) is 50.4 Å². The van der Waals surface area contributed by atoms with Gasteiger partial charge in [0.1, 0.15) is 5.84 Å². The van der Waals surface area contributed by atoms with Crippen LogP contribution in [0, 0.1) is 5.92 Å². The molecule has 0 saturated heterocycles. The third-order valence-electron chi connectivity index (χ3n) is 2.97. The maximum absolute atomic E-state index is 5.43. The Balaban J connectivity index is 2.35. The van der Waals surface area contributed by atoms with Gasteiger partial charge >= 0.3 is 0 Å². The van der Waals surface area contributed by atoms with Gasteiger partial charge in [0.25, 0.3) is 0 Å². The Labute approximate surface area is 87.1 Å². The largest absolute Gasteiger partial charge is 0.312 e. The molecule has 3 N–H and O–H groups in total. The van der Waals surface area contributed by atoms with Crippen molar-refractivity contribution in [3.63, 3.8) is 0 Å². The molecule has 0 aromatic carbocycles. The van der Waals surface area contributed by atoms with E-state index >= 15 is 0 Å². The lowest BCUT2D eigenvalue weighted by molar-refractivity contribution is 0.472. The van der Waals surface area contributed by atoms with Gasteiger partial charge in [-0.25, -0.2) is 5.84 Å². The van der Waals surface area contributed by atoms with Gasteiger partial charge in [-0.2, -0.15) is 0 Å². The molecule has 0 aromatic rings. The predicted octanol–water partition coefficient (Wildman–Crippen LogP) is 2.23. The number of rotatable bonds is 3. The normalized spacial score (nSPS) is 20.6. The summed E-state index contributed by atoms with van der Waals surface area (Å²) < 4.78 is 0. The van der Waals surface area contributed by atoms with Gasteiger partial charge in [0.15, 0.2) is 0 Å². The standard InChI is InChI=1S/C11H23N3/c1-2-13-11(14-12)9-10-7-5-3-4-6-8-10/h10H,2-9,12H2,1H3,(H,13,14). The van der Waals surface area contributed by atoms with Crippen LogP contribution in [-0.4, -0.2) is 12.4 Å². The first kappa shape index (κ1) is 11.5. The first-order chi connectivity index (χ1) is 6.86. The number of hydrogen-bond acceptors (Lipinski definition) is 2. The number of nitrogens with one attached hydrogen (secondary N) is 1. The van der Waals surface area contributed by atoms with Gasteiger partial charge in [0.2, 0.25) is 0 Å². The molecule has 0 spiro atoms. The number of amidine groups is 1. The first-order valence-electron chi connectivity index (χ1n) is 5.86. The third kappa shape index (κ3) is 4.09. The van der Waals surface area contributed by atoms with Crippen LogP contribution in [0.15, 0.2) is 4.99 Å². The van der Waals surface area contributed by atoms with Crippen LogP contribution >= 0.6 is 0 Å². The lowest BCUT2D eigenvalue weighted by Crippen LogP contribution is -2.32. The van der Waals surface area contributed by atoms with E-state index in [9.17, 15) is 0 Å². The van der Waals surface area contributed by atoms with E-state index in [4.69, 9.17) is 5.84 Å². The van der Waals surface area contributed by atoms with Crippen LogP contribution in [0.5, 0.6) is 0 Å². The lowest BCUT2D eigenvalue weighted by atomic mass is 9.96. The fraction of sp³-hybridized carbons (Fsp3) is 0.909. The molecule has 0 bridgehead atoms. The SMILES string of the molecule is CCN=C(CC1CCCCCC1)NN. The van der Waals surface area contributed by atoms with Crippen molar-refractivity contribution < 1.29 is 0 Å². The van der Waals surface area contributed by atoms with E-state index in [0.717, 1.165) is 24.7 Å². The second kappa shape index (κ2) is 6.82. The van der Waals surface area contributed by atoms with Crippen molar-refractivity contribution in [2.45, 2.75) is 51.9 Å². The molecule has 1 saturated carbocycles. The Kier molecular flexibility index (Phi) is 5.60. The van der Waals surface area contributed by atoms with Crippen LogP contribution in [0.3, 0.4) is 0 Å². The summed E-state index contributed by atoms with van der Waals surface area (Å²) in [6, 6.07) is 0. The van der Waals surface area contributed by atoms with Crippen LogP contribution in [0.1, 0.15) is 51.9 Å². The molecule has 0 heterocycles. The summed E-state index contributed by atoms with van der Waals surface area (Å²) in [5.74, 6) is 7.22. The minimum absolute atomic E-state index is 0.804. The molecule has 0 aliphatic heterocycles. The fourth-order valence-corrected chi connectivity index (χ4v) is 2.20. The van der Waals surface area contributed by atoms with E-state index in [2.05, 4.69) is 10.4 Å². The summed E-state index contributed by atoms with van der Waals surface area (Å²) in [4.78, 5) is 4.35. The number of hydrogen-bond donors (Lipinski definition) is 2. The van der Waals surface area contributed by atoms with Crippen molar-refractivity contribution in [2.24, 2.45) is 16.8 Å². The Morgan fingerprint density at radius 3 is 2.43 bits per heavy atom. The Morgan fingerprint density at radius 2 is 1.93 bits per heavy atom. The molecule has 1 rings (SSSR count). The van der Waals surface area contributed by atoms with Gasteiger partial charge in [-0.3, -0.25) is 4.99 Å². The first-order valence-corrected chi connectivity index (χ1v) is 5.86. The van der Waals surface area contributed by atoms with Crippen molar-refractivity contribution >= 4 is 5.84 Å². The molecule has 0 radical (unpaired) electrons. The maximum Gasteiger partial charge on any atom is 0.110 e. The summed E-state index contributed by atoms with van der Waals surface area (Å²) in [5.41, 5.74) is 2.72. The van der Waals surface area contributed by atoms with Crippen molar-refractivity contribution in [3.8, 4) is 0 Å². The molecule has 3 heteroatoms. The molecule has 0 unspecified atom stereocenters. The van der Waals surface area contributed by atoms with E-state index in [0.29, 0.717) is 0 Å². The van der Waals surface area contributed by atoms with Gasteiger partial charge < -0.3 is 5.43 Å². The summed E-state index contributed by atoms with van der Waals surface area (Å²) in [5, 5.41) is 0. The van der Waals surface area contributed by atoms with Crippen LogP contribution in [0.2, 0.25) is 0 Å². The van der Waals surface area contributed by atoms with Crippen molar-refractivity contribution in [3.05, 3.63) is 0 Å². The zero-order chi connectivity index (χ0) is 10.2. The number of aliphatic imine (C=N–C) groups is 1. The molecule has 82 valence electrons. The van der Waals surface area contributed by atoms with Crippen LogP contribution < -0.4 is 11.3 Å². The van der Waals surface area contributed by atoms with E-state index in [1.165, 1.54) is 38.5 Å². The van der Waals surface area contributed by atoms with Crippen LogP contribution in [0.25, 0.3) is 0 Å². The molecule has 1 aliphatic carbocycles. The van der Waals surface area contributed by atoms with Crippen LogP contribution in [0.4, 0.5) is 0 Å². The second-order valence-corrected chi connectivity index (χ2v) is 4.13. The zero-order valence-corrected chi connectivity index (χ0v) is 9.26. The number of hydrazine groups is 1. The van der Waals surface area contributed by atoms with Gasteiger partial charge in [0.05, 0.1) is 0 Å². The van der Waals surface area contributed by atoms with Gasteiger partial charge in [-0.1, -0.05) is 38.5 Å². The monoisotopic (exact) mass is 197 g/mol. The minimum atomic E-state index is 0.804. The van der Waals surface area contributed by atoms with Crippen molar-refractivity contribution in [2.75, 3.05) is 6.54 Å². The Hall–Kier alpha value is -0.570. The number of nitrogens with zero attached hydrogens (tertiary/aromatic N) is 1. The molecule has 1 aliphatic rings. The highest BCUT2D eigenvalue weighted by molar-refractivity contribution is 5.81. The molecular weight excluding hydrogens is 174 g/mol. The fourth-order valence-electron chi connectivity index (χ4n) is 2.20. The molecule has 3 nitrogen and oxygen atoms in total. The number of nitrogens with two attached hydrogens (primary N) is 1. The molecule has 1 fully saturated rings. The Morgan fingerprint density at radius 1 is 1.29 bits per heavy atom. The van der Waals surface area contributed by atoms with E-state index < -0.39 is 0 Å². The van der Waals surface area contributed by atoms with E-state index in [-0.39, 0.29) is 0 Å². The molecule has 0 atom stereocenters. The molecule has 14 heavy (non-hydrogen) atoms. The van der Waals surface area contributed by atoms with Gasteiger partial charge in [-0.05, 0) is 12.8 Å². The average molecular weight is 197 g/mol. The zero-order valence-electron chi connectivity index (χ0n) is 9.26. The maximum atomic E-state index is 5.43.